The van der Waals surface area contributed by atoms with Crippen LogP contribution in [0.5, 0.6) is 0 Å². The number of nitrogens with one attached hydrogen (secondary N) is 1. The van der Waals surface area contributed by atoms with Crippen LogP contribution in [0.15, 0.2) is 77.6 Å². The van der Waals surface area contributed by atoms with Crippen LogP contribution in [-0.4, -0.2) is 15.7 Å². The molecule has 1 N–H and O–H groups in total. The lowest BCUT2D eigenvalue weighted by Gasteiger charge is -2.15. The Morgan fingerprint density at radius 1 is 0.958 bits per heavy atom. The Morgan fingerprint density at radius 2 is 1.58 bits per heavy atom. The first kappa shape index (κ1) is 15.7. The number of amides is 1. The normalized spacial score (nSPS) is 11.7. The second-order valence-electron chi connectivity index (χ2n) is 5.40. The molecular formula is C19H17N3O2. The summed E-state index contributed by atoms with van der Waals surface area (Å²) in [6.45, 7) is 1.65. The van der Waals surface area contributed by atoms with Gasteiger partial charge in [0.05, 0.1) is 5.69 Å². The highest BCUT2D eigenvalue weighted by molar-refractivity contribution is 5.93. The van der Waals surface area contributed by atoms with Gasteiger partial charge in [0.1, 0.15) is 6.04 Å². The van der Waals surface area contributed by atoms with Gasteiger partial charge in [-0.15, -0.1) is 0 Å². The third kappa shape index (κ3) is 3.41. The van der Waals surface area contributed by atoms with Crippen molar-refractivity contribution in [3.63, 3.8) is 0 Å². The van der Waals surface area contributed by atoms with E-state index in [9.17, 15) is 9.59 Å². The van der Waals surface area contributed by atoms with Gasteiger partial charge in [-0.25, -0.2) is 4.68 Å². The number of nitrogens with zero attached hydrogens (tertiary/aromatic N) is 2. The minimum atomic E-state index is -0.721. The lowest BCUT2D eigenvalue weighted by molar-refractivity contribution is -0.119. The molecule has 5 nitrogen and oxygen atoms in total. The maximum atomic E-state index is 12.4. The molecule has 0 aliphatic rings. The maximum Gasteiger partial charge on any atom is 0.267 e. The Labute approximate surface area is 139 Å². The van der Waals surface area contributed by atoms with E-state index in [1.807, 2.05) is 48.5 Å². The van der Waals surface area contributed by atoms with Crippen molar-refractivity contribution in [3.05, 3.63) is 83.2 Å². The standard InChI is InChI=1S/C19H17N3O2/c1-14(19(24)20-16-10-6-3-7-11-16)22-18(23)13-12-17(21-22)15-8-4-2-5-9-15/h2-14H,1H3,(H,20,24)/t14-/m1/s1. The van der Waals surface area contributed by atoms with Gasteiger partial charge in [-0.05, 0) is 25.1 Å². The highest BCUT2D eigenvalue weighted by atomic mass is 16.2. The van der Waals surface area contributed by atoms with Crippen molar-refractivity contribution in [2.45, 2.75) is 13.0 Å². The molecular weight excluding hydrogens is 302 g/mol. The summed E-state index contributed by atoms with van der Waals surface area (Å²) in [6.07, 6.45) is 0. The molecule has 1 amide bonds. The zero-order chi connectivity index (χ0) is 16.9. The van der Waals surface area contributed by atoms with Crippen molar-refractivity contribution in [2.75, 3.05) is 5.32 Å². The molecule has 1 atom stereocenters. The van der Waals surface area contributed by atoms with E-state index in [1.54, 1.807) is 25.1 Å². The van der Waals surface area contributed by atoms with E-state index in [1.165, 1.54) is 10.7 Å². The molecule has 24 heavy (non-hydrogen) atoms. The first-order chi connectivity index (χ1) is 11.6. The maximum absolute atomic E-state index is 12.4. The Balaban J connectivity index is 1.88. The summed E-state index contributed by atoms with van der Waals surface area (Å²) in [4.78, 5) is 24.5. The van der Waals surface area contributed by atoms with Crippen LogP contribution in [0.3, 0.4) is 0 Å². The van der Waals surface area contributed by atoms with Crippen molar-refractivity contribution in [1.82, 2.24) is 9.78 Å². The number of hydrogen-bond acceptors (Lipinski definition) is 3. The second-order valence-corrected chi connectivity index (χ2v) is 5.40. The van der Waals surface area contributed by atoms with Gasteiger partial charge in [0.15, 0.2) is 0 Å². The highest BCUT2D eigenvalue weighted by Gasteiger charge is 2.18. The van der Waals surface area contributed by atoms with Crippen LogP contribution in [0.4, 0.5) is 5.69 Å². The van der Waals surface area contributed by atoms with E-state index < -0.39 is 6.04 Å². The molecule has 0 radical (unpaired) electrons. The molecule has 3 rings (SSSR count). The van der Waals surface area contributed by atoms with Gasteiger partial charge in [0.25, 0.3) is 5.56 Å². The second kappa shape index (κ2) is 6.91. The highest BCUT2D eigenvalue weighted by Crippen LogP contribution is 2.16. The van der Waals surface area contributed by atoms with E-state index in [0.717, 1.165) is 5.56 Å². The molecule has 0 aliphatic heterocycles. The number of aromatic nitrogens is 2. The molecule has 2 aromatic carbocycles. The number of benzene rings is 2. The van der Waals surface area contributed by atoms with Crippen LogP contribution < -0.4 is 10.9 Å². The lowest BCUT2D eigenvalue weighted by Crippen LogP contribution is -2.33. The molecule has 3 aromatic rings. The molecule has 0 spiro atoms. The Kier molecular flexibility index (Phi) is 4.52. The molecule has 0 bridgehead atoms. The van der Waals surface area contributed by atoms with Gasteiger partial charge < -0.3 is 5.32 Å². The summed E-state index contributed by atoms with van der Waals surface area (Å²) in [6, 6.07) is 21.0. The fourth-order valence-electron chi connectivity index (χ4n) is 2.34. The molecule has 0 saturated carbocycles. The van der Waals surface area contributed by atoms with Crippen LogP contribution >= 0.6 is 0 Å². The SMILES string of the molecule is C[C@H](C(=O)Nc1ccccc1)n1nc(-c2ccccc2)ccc1=O. The Bertz CT molecular complexity index is 889. The Hall–Kier alpha value is -3.21. The van der Waals surface area contributed by atoms with Crippen molar-refractivity contribution in [2.24, 2.45) is 0 Å². The van der Waals surface area contributed by atoms with E-state index >= 15 is 0 Å². The van der Waals surface area contributed by atoms with Crippen LogP contribution in [0.25, 0.3) is 11.3 Å². The fourth-order valence-corrected chi connectivity index (χ4v) is 2.34. The van der Waals surface area contributed by atoms with Crippen molar-refractivity contribution in [1.29, 1.82) is 0 Å². The predicted molar refractivity (Wildman–Crippen MR) is 93.7 cm³/mol. The quantitative estimate of drug-likeness (QED) is 0.803. The average molecular weight is 319 g/mol. The molecule has 1 aromatic heterocycles. The summed E-state index contributed by atoms with van der Waals surface area (Å²) in [7, 11) is 0. The van der Waals surface area contributed by atoms with Crippen molar-refractivity contribution >= 4 is 11.6 Å². The summed E-state index contributed by atoms with van der Waals surface area (Å²) in [5.41, 5.74) is 1.91. The summed E-state index contributed by atoms with van der Waals surface area (Å²) < 4.78 is 1.21. The third-order valence-electron chi connectivity index (χ3n) is 3.68. The molecule has 0 aliphatic carbocycles. The largest absolute Gasteiger partial charge is 0.324 e. The van der Waals surface area contributed by atoms with Gasteiger partial charge in [-0.3, -0.25) is 9.59 Å². The molecule has 120 valence electrons. The van der Waals surface area contributed by atoms with Crippen LogP contribution in [0, 0.1) is 0 Å². The number of anilines is 1. The van der Waals surface area contributed by atoms with Gasteiger partial charge in [0.2, 0.25) is 5.91 Å². The average Bonchev–Trinajstić information content (AvgIpc) is 2.63. The third-order valence-corrected chi connectivity index (χ3v) is 3.68. The van der Waals surface area contributed by atoms with E-state index in [0.29, 0.717) is 11.4 Å². The number of para-hydroxylation sites is 1. The summed E-state index contributed by atoms with van der Waals surface area (Å²) in [5, 5.41) is 7.14. The van der Waals surface area contributed by atoms with Crippen LogP contribution in [-0.2, 0) is 4.79 Å². The topological polar surface area (TPSA) is 64.0 Å². The Morgan fingerprint density at radius 3 is 2.25 bits per heavy atom. The number of hydrogen-bond donors (Lipinski definition) is 1. The summed E-state index contributed by atoms with van der Waals surface area (Å²) in [5.74, 6) is -0.291. The smallest absolute Gasteiger partial charge is 0.267 e. The summed E-state index contributed by atoms with van der Waals surface area (Å²) >= 11 is 0. The molecule has 0 fully saturated rings. The lowest BCUT2D eigenvalue weighted by atomic mass is 10.1. The number of carbonyl (C=O) groups excluding carboxylic acids is 1. The minimum Gasteiger partial charge on any atom is -0.324 e. The monoisotopic (exact) mass is 319 g/mol. The van der Waals surface area contributed by atoms with Crippen LogP contribution in [0.2, 0.25) is 0 Å². The van der Waals surface area contributed by atoms with Gasteiger partial charge in [-0.1, -0.05) is 48.5 Å². The van der Waals surface area contributed by atoms with Gasteiger partial charge in [0, 0.05) is 17.3 Å². The zero-order valence-corrected chi connectivity index (χ0v) is 13.2. The van der Waals surface area contributed by atoms with E-state index in [-0.39, 0.29) is 11.5 Å². The molecule has 0 unspecified atom stereocenters. The minimum absolute atomic E-state index is 0.291. The van der Waals surface area contributed by atoms with E-state index in [2.05, 4.69) is 10.4 Å². The van der Waals surface area contributed by atoms with Gasteiger partial charge >= 0.3 is 0 Å². The number of rotatable bonds is 4. The number of carbonyl (C=O) groups is 1. The van der Waals surface area contributed by atoms with Crippen LogP contribution in [0.1, 0.15) is 13.0 Å². The van der Waals surface area contributed by atoms with Crippen molar-refractivity contribution in [3.8, 4) is 11.3 Å². The first-order valence-corrected chi connectivity index (χ1v) is 7.66. The molecule has 1 heterocycles. The van der Waals surface area contributed by atoms with Crippen molar-refractivity contribution < 1.29 is 4.79 Å². The predicted octanol–water partition coefficient (Wildman–Crippen LogP) is 3.11. The zero-order valence-electron chi connectivity index (χ0n) is 13.2. The first-order valence-electron chi connectivity index (χ1n) is 7.66. The fraction of sp³-hybridized carbons (Fsp3) is 0.105. The van der Waals surface area contributed by atoms with E-state index in [4.69, 9.17) is 0 Å². The molecule has 5 heteroatoms. The van der Waals surface area contributed by atoms with Gasteiger partial charge in [-0.2, -0.15) is 5.10 Å². The molecule has 0 saturated heterocycles.